The normalized spacial score (nSPS) is 17.4. The summed E-state index contributed by atoms with van der Waals surface area (Å²) in [7, 11) is 0. The number of nitrogens with one attached hydrogen (secondary N) is 1. The minimum absolute atomic E-state index is 0.0814. The second kappa shape index (κ2) is 7.02. The monoisotopic (exact) mass is 318 g/mol. The van der Waals surface area contributed by atoms with Crippen molar-refractivity contribution in [2.45, 2.75) is 53.3 Å². The molecular formula is C18H26N2O3. The second-order valence-corrected chi connectivity index (χ2v) is 6.84. The molecule has 1 heterocycles. The number of nitrogens with zero attached hydrogens (tertiary/aromatic N) is 1. The van der Waals surface area contributed by atoms with Crippen LogP contribution in [0.3, 0.4) is 0 Å². The standard InChI is InChI=1S/C18H26N2O3/c1-5-13(2)23-17(22)19-10-14-7-6-8-15(9-14)11-20-12-18(3,4)16(20)21/h6-9,13H,5,10-12H2,1-4H3,(H,19,22). The highest BCUT2D eigenvalue weighted by Crippen LogP contribution is 2.31. The first-order chi connectivity index (χ1) is 10.8. The van der Waals surface area contributed by atoms with Gasteiger partial charge in [-0.05, 0) is 38.3 Å². The molecule has 0 bridgehead atoms. The van der Waals surface area contributed by atoms with Gasteiger partial charge in [0.2, 0.25) is 5.91 Å². The third-order valence-corrected chi connectivity index (χ3v) is 4.14. The lowest BCUT2D eigenvalue weighted by Gasteiger charge is -2.44. The molecule has 1 aromatic carbocycles. The lowest BCUT2D eigenvalue weighted by molar-refractivity contribution is -0.157. The molecule has 1 aliphatic heterocycles. The topological polar surface area (TPSA) is 58.6 Å². The van der Waals surface area contributed by atoms with E-state index in [1.165, 1.54) is 0 Å². The second-order valence-electron chi connectivity index (χ2n) is 6.84. The first-order valence-electron chi connectivity index (χ1n) is 8.13. The molecule has 0 spiro atoms. The molecule has 2 amide bonds. The third kappa shape index (κ3) is 4.47. The summed E-state index contributed by atoms with van der Waals surface area (Å²) < 4.78 is 5.18. The number of hydrogen-bond acceptors (Lipinski definition) is 3. The Bertz CT molecular complexity index is 583. The molecule has 1 N–H and O–H groups in total. The van der Waals surface area contributed by atoms with Crippen molar-refractivity contribution in [3.05, 3.63) is 35.4 Å². The summed E-state index contributed by atoms with van der Waals surface area (Å²) in [5.41, 5.74) is 1.85. The molecule has 0 saturated carbocycles. The van der Waals surface area contributed by atoms with E-state index in [-0.39, 0.29) is 17.4 Å². The van der Waals surface area contributed by atoms with Gasteiger partial charge in [0.15, 0.2) is 0 Å². The van der Waals surface area contributed by atoms with Gasteiger partial charge in [0.05, 0.1) is 5.41 Å². The average Bonchev–Trinajstić information content (AvgIpc) is 2.52. The Morgan fingerprint density at radius 3 is 2.70 bits per heavy atom. The van der Waals surface area contributed by atoms with Crippen LogP contribution in [0, 0.1) is 5.41 Å². The zero-order chi connectivity index (χ0) is 17.0. The van der Waals surface area contributed by atoms with Crippen LogP contribution < -0.4 is 5.32 Å². The summed E-state index contributed by atoms with van der Waals surface area (Å²) in [6.07, 6.45) is 0.315. The van der Waals surface area contributed by atoms with Crippen LogP contribution in [0.1, 0.15) is 45.2 Å². The van der Waals surface area contributed by atoms with Crippen LogP contribution in [0.5, 0.6) is 0 Å². The molecule has 1 fully saturated rings. The minimum Gasteiger partial charge on any atom is -0.447 e. The molecule has 5 nitrogen and oxygen atoms in total. The Balaban J connectivity index is 1.86. The van der Waals surface area contributed by atoms with Gasteiger partial charge >= 0.3 is 6.09 Å². The van der Waals surface area contributed by atoms with Crippen LogP contribution >= 0.6 is 0 Å². The van der Waals surface area contributed by atoms with Crippen molar-refractivity contribution in [2.24, 2.45) is 5.41 Å². The van der Waals surface area contributed by atoms with Crippen LogP contribution in [0.25, 0.3) is 0 Å². The summed E-state index contributed by atoms with van der Waals surface area (Å²) in [6.45, 7) is 9.60. The van der Waals surface area contributed by atoms with Crippen LogP contribution in [0.15, 0.2) is 24.3 Å². The number of likely N-dealkylation sites (tertiary alicyclic amines) is 1. The number of amides is 2. The number of alkyl carbamates (subject to hydrolysis) is 1. The highest BCUT2D eigenvalue weighted by molar-refractivity contribution is 5.87. The van der Waals surface area contributed by atoms with Crippen LogP contribution in [-0.2, 0) is 22.6 Å². The van der Waals surface area contributed by atoms with E-state index in [1.807, 2.05) is 56.9 Å². The van der Waals surface area contributed by atoms with Gasteiger partial charge in [0.25, 0.3) is 0 Å². The van der Waals surface area contributed by atoms with Crippen molar-refractivity contribution in [1.82, 2.24) is 10.2 Å². The van der Waals surface area contributed by atoms with Gasteiger partial charge in [-0.15, -0.1) is 0 Å². The molecule has 0 aliphatic carbocycles. The van der Waals surface area contributed by atoms with Gasteiger partial charge < -0.3 is 15.0 Å². The van der Waals surface area contributed by atoms with Gasteiger partial charge in [-0.2, -0.15) is 0 Å². The Kier molecular flexibility index (Phi) is 5.29. The number of rotatable bonds is 6. The fraction of sp³-hybridized carbons (Fsp3) is 0.556. The van der Waals surface area contributed by atoms with Gasteiger partial charge in [-0.25, -0.2) is 4.79 Å². The molecule has 1 aromatic rings. The highest BCUT2D eigenvalue weighted by Gasteiger charge is 2.43. The van der Waals surface area contributed by atoms with Gasteiger partial charge in [0.1, 0.15) is 6.10 Å². The predicted octanol–water partition coefficient (Wildman–Crippen LogP) is 3.08. The maximum atomic E-state index is 12.0. The average molecular weight is 318 g/mol. The summed E-state index contributed by atoms with van der Waals surface area (Å²) in [6, 6.07) is 7.92. The molecule has 1 aliphatic rings. The Morgan fingerprint density at radius 1 is 1.39 bits per heavy atom. The quantitative estimate of drug-likeness (QED) is 0.820. The van der Waals surface area contributed by atoms with Crippen molar-refractivity contribution in [3.63, 3.8) is 0 Å². The molecule has 0 radical (unpaired) electrons. The fourth-order valence-electron chi connectivity index (χ4n) is 2.62. The zero-order valence-corrected chi connectivity index (χ0v) is 14.4. The molecule has 0 aromatic heterocycles. The van der Waals surface area contributed by atoms with Crippen molar-refractivity contribution >= 4 is 12.0 Å². The minimum atomic E-state index is -0.399. The molecule has 5 heteroatoms. The highest BCUT2D eigenvalue weighted by atomic mass is 16.6. The molecule has 1 unspecified atom stereocenters. The summed E-state index contributed by atoms with van der Waals surface area (Å²) in [5, 5.41) is 2.75. The summed E-state index contributed by atoms with van der Waals surface area (Å²) >= 11 is 0. The Morgan fingerprint density at radius 2 is 2.09 bits per heavy atom. The van der Waals surface area contributed by atoms with Crippen LogP contribution in [0.2, 0.25) is 0 Å². The molecule has 1 atom stereocenters. The van der Waals surface area contributed by atoms with E-state index in [0.717, 1.165) is 24.1 Å². The van der Waals surface area contributed by atoms with Crippen LogP contribution in [0.4, 0.5) is 4.79 Å². The number of carbonyl (C=O) groups is 2. The lowest BCUT2D eigenvalue weighted by atomic mass is 9.83. The SMILES string of the molecule is CCC(C)OC(=O)NCc1cccc(CN2CC(C)(C)C2=O)c1. The van der Waals surface area contributed by atoms with E-state index in [1.54, 1.807) is 0 Å². The molecule has 126 valence electrons. The number of ether oxygens (including phenoxy) is 1. The third-order valence-electron chi connectivity index (χ3n) is 4.14. The van der Waals surface area contributed by atoms with Crippen molar-refractivity contribution in [2.75, 3.05) is 6.54 Å². The summed E-state index contributed by atoms with van der Waals surface area (Å²) in [5.74, 6) is 0.193. The smallest absolute Gasteiger partial charge is 0.407 e. The predicted molar refractivity (Wildman–Crippen MR) is 88.7 cm³/mol. The maximum absolute atomic E-state index is 12.0. The number of benzene rings is 1. The Labute approximate surface area is 138 Å². The van der Waals surface area contributed by atoms with Crippen molar-refractivity contribution in [3.8, 4) is 0 Å². The van der Waals surface area contributed by atoms with E-state index in [0.29, 0.717) is 13.1 Å². The molecular weight excluding hydrogens is 292 g/mol. The van der Waals surface area contributed by atoms with Crippen molar-refractivity contribution < 1.29 is 14.3 Å². The number of carbonyl (C=O) groups excluding carboxylic acids is 2. The van der Waals surface area contributed by atoms with E-state index in [9.17, 15) is 9.59 Å². The lowest BCUT2D eigenvalue weighted by Crippen LogP contribution is -2.57. The van der Waals surface area contributed by atoms with E-state index < -0.39 is 6.09 Å². The summed E-state index contributed by atoms with van der Waals surface area (Å²) in [4.78, 5) is 25.5. The first-order valence-corrected chi connectivity index (χ1v) is 8.13. The van der Waals surface area contributed by atoms with Gasteiger partial charge in [-0.3, -0.25) is 4.79 Å². The van der Waals surface area contributed by atoms with E-state index >= 15 is 0 Å². The molecule has 23 heavy (non-hydrogen) atoms. The van der Waals surface area contributed by atoms with Gasteiger partial charge in [0, 0.05) is 19.6 Å². The fourth-order valence-corrected chi connectivity index (χ4v) is 2.62. The van der Waals surface area contributed by atoms with Gasteiger partial charge in [-0.1, -0.05) is 31.2 Å². The van der Waals surface area contributed by atoms with Crippen LogP contribution in [-0.4, -0.2) is 29.5 Å². The van der Waals surface area contributed by atoms with E-state index in [4.69, 9.17) is 4.74 Å². The first kappa shape index (κ1) is 17.3. The van der Waals surface area contributed by atoms with Crippen molar-refractivity contribution in [1.29, 1.82) is 0 Å². The molecule has 2 rings (SSSR count). The van der Waals surface area contributed by atoms with E-state index in [2.05, 4.69) is 5.32 Å². The number of β-lactam (4-membered cyclic amide) rings is 1. The maximum Gasteiger partial charge on any atom is 0.407 e. The zero-order valence-electron chi connectivity index (χ0n) is 14.4. The Hall–Kier alpha value is -2.04. The number of hydrogen-bond donors (Lipinski definition) is 1. The largest absolute Gasteiger partial charge is 0.447 e. The molecule has 1 saturated heterocycles.